The van der Waals surface area contributed by atoms with Gasteiger partial charge in [-0.25, -0.2) is 12.8 Å². The number of methoxy groups -OCH3 is 1. The summed E-state index contributed by atoms with van der Waals surface area (Å²) in [5, 5.41) is 3.48. The number of nitrogens with one attached hydrogen (secondary N) is 2. The van der Waals surface area contributed by atoms with E-state index in [1.54, 1.807) is 24.3 Å². The van der Waals surface area contributed by atoms with Crippen molar-refractivity contribution in [2.75, 3.05) is 13.7 Å². The van der Waals surface area contributed by atoms with Crippen molar-refractivity contribution in [3.8, 4) is 5.75 Å². The minimum absolute atomic E-state index is 0.0754. The Balaban J connectivity index is 1.67. The monoisotopic (exact) mass is 460 g/mol. The van der Waals surface area contributed by atoms with Crippen molar-refractivity contribution < 1.29 is 31.6 Å². The molecule has 0 unspecified atom stereocenters. The maximum absolute atomic E-state index is 13.2. The second kappa shape index (κ2) is 10.1. The summed E-state index contributed by atoms with van der Waals surface area (Å²) in [5.74, 6) is -1.83. The van der Waals surface area contributed by atoms with Gasteiger partial charge in [-0.2, -0.15) is 0 Å². The second-order valence-corrected chi connectivity index (χ2v) is 8.88. The first-order chi connectivity index (χ1) is 15.3. The zero-order chi connectivity index (χ0) is 23.1. The fourth-order valence-electron chi connectivity index (χ4n) is 2.94. The molecule has 0 saturated heterocycles. The molecule has 0 aliphatic heterocycles. The number of halogens is 1. The minimum atomic E-state index is -4.05. The van der Waals surface area contributed by atoms with Gasteiger partial charge in [0, 0.05) is 13.1 Å². The lowest BCUT2D eigenvalue weighted by molar-refractivity contribution is -0.139. The molecular weight excluding hydrogens is 439 g/mol. The summed E-state index contributed by atoms with van der Waals surface area (Å²) < 4.78 is 49.6. The third-order valence-corrected chi connectivity index (χ3v) is 6.70. The number of amides is 2. The number of rotatable bonds is 8. The van der Waals surface area contributed by atoms with E-state index in [0.29, 0.717) is 5.75 Å². The largest absolute Gasteiger partial charge is 0.497 e. The number of carbonyl (C=O) groups excluding carboxylic acids is 2. The molecule has 1 heterocycles. The van der Waals surface area contributed by atoms with E-state index in [2.05, 4.69) is 10.6 Å². The van der Waals surface area contributed by atoms with E-state index in [4.69, 9.17) is 9.15 Å². The van der Waals surface area contributed by atoms with Crippen LogP contribution in [-0.2, 0) is 26.0 Å². The Morgan fingerprint density at radius 2 is 1.75 bits per heavy atom. The minimum Gasteiger partial charge on any atom is -0.497 e. The molecule has 0 fully saturated rings. The first kappa shape index (κ1) is 23.0. The van der Waals surface area contributed by atoms with Crippen molar-refractivity contribution in [3.05, 3.63) is 84.1 Å². The zero-order valence-corrected chi connectivity index (χ0v) is 17.9. The lowest BCUT2D eigenvalue weighted by atomic mass is 10.2. The fourth-order valence-corrected chi connectivity index (χ4v) is 4.52. The first-order valence-corrected chi connectivity index (χ1v) is 11.1. The molecule has 10 heteroatoms. The molecular formula is C22H21FN2O6S. The smallest absolute Gasteiger partial charge is 0.309 e. The fraction of sp³-hybridized carbons (Fsp3) is 0.182. The molecule has 2 N–H and O–H groups in total. The Labute approximate surface area is 184 Å². The molecule has 0 aliphatic rings. The van der Waals surface area contributed by atoms with E-state index in [9.17, 15) is 22.4 Å². The van der Waals surface area contributed by atoms with E-state index in [0.717, 1.165) is 29.8 Å². The van der Waals surface area contributed by atoms with E-state index in [-0.39, 0.29) is 17.2 Å². The van der Waals surface area contributed by atoms with Crippen molar-refractivity contribution in [2.24, 2.45) is 0 Å². The van der Waals surface area contributed by atoms with Gasteiger partial charge < -0.3 is 19.8 Å². The van der Waals surface area contributed by atoms with Gasteiger partial charge in [0.25, 0.3) is 0 Å². The Morgan fingerprint density at radius 1 is 1.03 bits per heavy atom. The summed E-state index contributed by atoms with van der Waals surface area (Å²) >= 11 is 0. The number of carbonyl (C=O) groups is 2. The Morgan fingerprint density at radius 3 is 2.41 bits per heavy atom. The van der Waals surface area contributed by atoms with Crippen LogP contribution in [0.2, 0.25) is 0 Å². The zero-order valence-electron chi connectivity index (χ0n) is 17.1. The van der Waals surface area contributed by atoms with Gasteiger partial charge in [-0.3, -0.25) is 9.59 Å². The maximum atomic E-state index is 13.2. The van der Waals surface area contributed by atoms with Crippen LogP contribution in [0.4, 0.5) is 4.39 Å². The molecule has 1 atom stereocenters. The third kappa shape index (κ3) is 5.52. The van der Waals surface area contributed by atoms with Gasteiger partial charge in [-0.15, -0.1) is 0 Å². The van der Waals surface area contributed by atoms with Crippen LogP contribution in [0.5, 0.6) is 5.75 Å². The average Bonchev–Trinajstić information content (AvgIpc) is 3.32. The molecule has 32 heavy (non-hydrogen) atoms. The quantitative estimate of drug-likeness (QED) is 0.394. The van der Waals surface area contributed by atoms with Gasteiger partial charge >= 0.3 is 11.8 Å². The molecule has 168 valence electrons. The summed E-state index contributed by atoms with van der Waals surface area (Å²) in [6, 6.07) is 14.2. The highest BCUT2D eigenvalue weighted by Gasteiger charge is 2.32. The summed E-state index contributed by atoms with van der Waals surface area (Å²) in [5.41, 5.74) is 0.720. The van der Waals surface area contributed by atoms with Gasteiger partial charge in [-0.1, -0.05) is 12.1 Å². The predicted molar refractivity (Wildman–Crippen MR) is 113 cm³/mol. The Hall–Kier alpha value is -3.66. The van der Waals surface area contributed by atoms with Gasteiger partial charge in [0.15, 0.2) is 9.84 Å². The van der Waals surface area contributed by atoms with Gasteiger partial charge in [-0.05, 0) is 54.1 Å². The third-order valence-electron chi connectivity index (χ3n) is 4.62. The van der Waals surface area contributed by atoms with Crippen LogP contribution in [-0.4, -0.2) is 33.9 Å². The number of benzene rings is 2. The summed E-state index contributed by atoms with van der Waals surface area (Å²) in [6.07, 6.45) is 1.30. The molecule has 8 nitrogen and oxygen atoms in total. The van der Waals surface area contributed by atoms with Crippen molar-refractivity contribution in [1.82, 2.24) is 10.6 Å². The molecule has 1 aromatic heterocycles. The number of ether oxygens (including phenoxy) is 1. The first-order valence-electron chi connectivity index (χ1n) is 9.53. The standard InChI is InChI=1S/C22H21FN2O6S/c1-30-17-5-2-4-15(12-17)13-24-21(26)22(27)25-14-20(19-6-3-11-31-19)32(28,29)18-9-7-16(23)8-10-18/h2-12,20H,13-14H2,1H3,(H,24,26)(H,25,27)/t20-/m0/s1. The van der Waals surface area contributed by atoms with Crippen molar-refractivity contribution in [1.29, 1.82) is 0 Å². The molecule has 0 aliphatic carbocycles. The number of hydrogen-bond acceptors (Lipinski definition) is 6. The van der Waals surface area contributed by atoms with Crippen LogP contribution < -0.4 is 15.4 Å². The van der Waals surface area contributed by atoms with Crippen LogP contribution in [0, 0.1) is 5.82 Å². The highest BCUT2D eigenvalue weighted by Crippen LogP contribution is 2.29. The summed E-state index contributed by atoms with van der Waals surface area (Å²) in [4.78, 5) is 24.3. The van der Waals surface area contributed by atoms with Crippen LogP contribution >= 0.6 is 0 Å². The van der Waals surface area contributed by atoms with Crippen molar-refractivity contribution in [2.45, 2.75) is 16.7 Å². The van der Waals surface area contributed by atoms with Crippen LogP contribution in [0.3, 0.4) is 0 Å². The molecule has 0 saturated carbocycles. The Kier molecular flexibility index (Phi) is 7.26. The van der Waals surface area contributed by atoms with E-state index < -0.39 is 39.3 Å². The predicted octanol–water partition coefficient (Wildman–Crippen LogP) is 2.37. The highest BCUT2D eigenvalue weighted by molar-refractivity contribution is 7.91. The lowest BCUT2D eigenvalue weighted by Crippen LogP contribution is -2.42. The molecule has 2 aromatic carbocycles. The number of sulfone groups is 1. The van der Waals surface area contributed by atoms with Gasteiger partial charge in [0.1, 0.15) is 22.6 Å². The lowest BCUT2D eigenvalue weighted by Gasteiger charge is -2.16. The number of hydrogen-bond donors (Lipinski definition) is 2. The van der Waals surface area contributed by atoms with Crippen LogP contribution in [0.15, 0.2) is 76.2 Å². The maximum Gasteiger partial charge on any atom is 0.309 e. The average molecular weight is 460 g/mol. The van der Waals surface area contributed by atoms with Crippen LogP contribution in [0.25, 0.3) is 0 Å². The van der Waals surface area contributed by atoms with Gasteiger partial charge in [0.05, 0.1) is 18.3 Å². The van der Waals surface area contributed by atoms with E-state index in [1.807, 2.05) is 0 Å². The molecule has 3 aromatic rings. The van der Waals surface area contributed by atoms with Gasteiger partial charge in [0.2, 0.25) is 0 Å². The second-order valence-electron chi connectivity index (χ2n) is 6.75. The van der Waals surface area contributed by atoms with E-state index >= 15 is 0 Å². The van der Waals surface area contributed by atoms with E-state index in [1.165, 1.54) is 25.5 Å². The molecule has 0 radical (unpaired) electrons. The molecule has 2 amide bonds. The summed E-state index contributed by atoms with van der Waals surface area (Å²) in [7, 11) is -2.53. The molecule has 0 spiro atoms. The highest BCUT2D eigenvalue weighted by atomic mass is 32.2. The molecule has 3 rings (SSSR count). The van der Waals surface area contributed by atoms with Crippen molar-refractivity contribution >= 4 is 21.7 Å². The van der Waals surface area contributed by atoms with Crippen molar-refractivity contribution in [3.63, 3.8) is 0 Å². The Bertz CT molecular complexity index is 1180. The topological polar surface area (TPSA) is 115 Å². The van der Waals surface area contributed by atoms with Crippen LogP contribution in [0.1, 0.15) is 16.6 Å². The summed E-state index contributed by atoms with van der Waals surface area (Å²) in [6.45, 7) is -0.336. The normalized spacial score (nSPS) is 12.1. The molecule has 0 bridgehead atoms. The number of furan rings is 1. The SMILES string of the molecule is COc1cccc(CNC(=O)C(=O)NC[C@@H](c2ccco2)S(=O)(=O)c2ccc(F)cc2)c1.